The van der Waals surface area contributed by atoms with Crippen LogP contribution in [0.25, 0.3) is 0 Å². The molecule has 118 valence electrons. The van der Waals surface area contributed by atoms with Gasteiger partial charge < -0.3 is 15.5 Å². The van der Waals surface area contributed by atoms with E-state index in [9.17, 15) is 10.1 Å². The minimum Gasteiger partial charge on any atom is -0.379 e. The molecule has 1 aromatic rings. The van der Waals surface area contributed by atoms with Crippen molar-refractivity contribution in [2.45, 2.75) is 27.2 Å². The molecule has 0 aliphatic carbocycles. The molecule has 0 aromatic heterocycles. The molecule has 0 atom stereocenters. The smallest absolute Gasteiger partial charge is 0.315 e. The maximum Gasteiger partial charge on any atom is 0.315 e. The van der Waals surface area contributed by atoms with Gasteiger partial charge in [0, 0.05) is 19.6 Å². The Hall–Kier alpha value is -1.82. The second-order valence-corrected chi connectivity index (χ2v) is 4.84. The molecular formula is C15H26N4O2. The van der Waals surface area contributed by atoms with Gasteiger partial charge in [0.15, 0.2) is 0 Å². The molecule has 1 aromatic carbocycles. The fourth-order valence-corrected chi connectivity index (χ4v) is 2.17. The van der Waals surface area contributed by atoms with E-state index in [1.54, 1.807) is 12.1 Å². The molecule has 6 nitrogen and oxygen atoms in total. The lowest BCUT2D eigenvalue weighted by atomic mass is 10.2. The number of nitrogens with one attached hydrogen (secondary N) is 2. The van der Waals surface area contributed by atoms with Crippen LogP contribution < -0.4 is 10.6 Å². The number of hydrogen-bond donors (Lipinski definition) is 2. The van der Waals surface area contributed by atoms with Crippen LogP contribution >= 0.6 is 0 Å². The second-order valence-electron chi connectivity index (χ2n) is 4.84. The minimum atomic E-state index is -0.322. The van der Waals surface area contributed by atoms with Crippen molar-refractivity contribution in [2.75, 3.05) is 43.4 Å². The Balaban J connectivity index is 2.78. The van der Waals surface area contributed by atoms with Gasteiger partial charge in [-0.25, -0.2) is 0 Å². The highest BCUT2D eigenvalue weighted by molar-refractivity contribution is 5.76. The molecule has 0 bridgehead atoms. The molecule has 0 radical (unpaired) electrons. The molecule has 0 saturated carbocycles. The first-order valence-electron chi connectivity index (χ1n) is 7.61. The fourth-order valence-electron chi connectivity index (χ4n) is 2.17. The number of likely N-dealkylation sites (N-methyl/N-ethyl adjacent to an activating group) is 1. The topological polar surface area (TPSA) is 70.4 Å². The van der Waals surface area contributed by atoms with Crippen LogP contribution in [0.2, 0.25) is 0 Å². The SMILES string of the molecule is CCCNc1cccc(NCCN(CC)CC)c1[N+](=O)[O-]. The van der Waals surface area contributed by atoms with E-state index in [0.29, 0.717) is 17.9 Å². The predicted octanol–water partition coefficient (Wildman–Crippen LogP) is 3.17. The maximum atomic E-state index is 11.3. The zero-order valence-electron chi connectivity index (χ0n) is 13.2. The number of benzene rings is 1. The van der Waals surface area contributed by atoms with Gasteiger partial charge in [-0.15, -0.1) is 0 Å². The highest BCUT2D eigenvalue weighted by atomic mass is 16.6. The lowest BCUT2D eigenvalue weighted by Crippen LogP contribution is -2.28. The van der Waals surface area contributed by atoms with E-state index in [2.05, 4.69) is 29.4 Å². The molecular weight excluding hydrogens is 268 g/mol. The third-order valence-electron chi connectivity index (χ3n) is 3.42. The van der Waals surface area contributed by atoms with Crippen LogP contribution in [0.3, 0.4) is 0 Å². The number of nitro benzene ring substituents is 1. The standard InChI is InChI=1S/C15H26N4O2/c1-4-10-16-13-8-7-9-14(15(13)19(20)21)17-11-12-18(5-2)6-3/h7-9,16-17H,4-6,10-12H2,1-3H3. The van der Waals surface area contributed by atoms with E-state index in [4.69, 9.17) is 0 Å². The Labute approximate surface area is 126 Å². The van der Waals surface area contributed by atoms with E-state index in [-0.39, 0.29) is 10.6 Å². The van der Waals surface area contributed by atoms with Crippen LogP contribution in [0.4, 0.5) is 17.1 Å². The molecule has 0 aliphatic heterocycles. The van der Waals surface area contributed by atoms with Crippen molar-refractivity contribution < 1.29 is 4.92 Å². The fraction of sp³-hybridized carbons (Fsp3) is 0.600. The van der Waals surface area contributed by atoms with E-state index in [0.717, 1.165) is 32.6 Å². The lowest BCUT2D eigenvalue weighted by molar-refractivity contribution is -0.383. The van der Waals surface area contributed by atoms with Crippen molar-refractivity contribution in [1.29, 1.82) is 0 Å². The van der Waals surface area contributed by atoms with Crippen LogP contribution in [0.5, 0.6) is 0 Å². The van der Waals surface area contributed by atoms with E-state index in [1.807, 2.05) is 13.0 Å². The Morgan fingerprint density at radius 1 is 1.10 bits per heavy atom. The van der Waals surface area contributed by atoms with Crippen molar-refractivity contribution in [3.63, 3.8) is 0 Å². The summed E-state index contributed by atoms with van der Waals surface area (Å²) < 4.78 is 0. The van der Waals surface area contributed by atoms with E-state index >= 15 is 0 Å². The molecule has 0 fully saturated rings. The van der Waals surface area contributed by atoms with Gasteiger partial charge in [-0.05, 0) is 31.6 Å². The number of anilines is 2. The number of nitro groups is 1. The highest BCUT2D eigenvalue weighted by Crippen LogP contribution is 2.32. The van der Waals surface area contributed by atoms with Crippen molar-refractivity contribution in [3.8, 4) is 0 Å². The summed E-state index contributed by atoms with van der Waals surface area (Å²) in [7, 11) is 0. The molecule has 21 heavy (non-hydrogen) atoms. The third kappa shape index (κ3) is 5.23. The van der Waals surface area contributed by atoms with Crippen molar-refractivity contribution in [2.24, 2.45) is 0 Å². The summed E-state index contributed by atoms with van der Waals surface area (Å²) in [5, 5.41) is 17.6. The Bertz CT molecular complexity index is 447. The first-order valence-corrected chi connectivity index (χ1v) is 7.61. The molecule has 6 heteroatoms. The molecule has 1 rings (SSSR count). The van der Waals surface area contributed by atoms with Crippen molar-refractivity contribution in [3.05, 3.63) is 28.3 Å². The normalized spacial score (nSPS) is 10.7. The average molecular weight is 294 g/mol. The molecule has 0 unspecified atom stereocenters. The zero-order chi connectivity index (χ0) is 15.7. The Morgan fingerprint density at radius 2 is 1.67 bits per heavy atom. The first-order chi connectivity index (χ1) is 10.1. The third-order valence-corrected chi connectivity index (χ3v) is 3.42. The van der Waals surface area contributed by atoms with Gasteiger partial charge in [-0.3, -0.25) is 10.1 Å². The van der Waals surface area contributed by atoms with Gasteiger partial charge >= 0.3 is 5.69 Å². The molecule has 2 N–H and O–H groups in total. The van der Waals surface area contributed by atoms with Gasteiger partial charge in [-0.1, -0.05) is 26.8 Å². The summed E-state index contributed by atoms with van der Waals surface area (Å²) in [6.45, 7) is 10.5. The Kier molecular flexibility index (Phi) is 7.53. The number of para-hydroxylation sites is 1. The zero-order valence-corrected chi connectivity index (χ0v) is 13.2. The summed E-state index contributed by atoms with van der Waals surface area (Å²) in [6, 6.07) is 5.35. The molecule has 0 aliphatic rings. The molecule has 0 spiro atoms. The van der Waals surface area contributed by atoms with Crippen LogP contribution in [0.15, 0.2) is 18.2 Å². The summed E-state index contributed by atoms with van der Waals surface area (Å²) in [5.74, 6) is 0. The Morgan fingerprint density at radius 3 is 2.14 bits per heavy atom. The highest BCUT2D eigenvalue weighted by Gasteiger charge is 2.19. The first kappa shape index (κ1) is 17.2. The summed E-state index contributed by atoms with van der Waals surface area (Å²) >= 11 is 0. The van der Waals surface area contributed by atoms with Crippen LogP contribution in [-0.4, -0.2) is 42.5 Å². The number of hydrogen-bond acceptors (Lipinski definition) is 5. The van der Waals surface area contributed by atoms with Gasteiger partial charge in [0.05, 0.1) is 4.92 Å². The van der Waals surface area contributed by atoms with Crippen molar-refractivity contribution in [1.82, 2.24) is 4.90 Å². The summed E-state index contributed by atoms with van der Waals surface area (Å²) in [5.41, 5.74) is 1.29. The molecule has 0 saturated heterocycles. The van der Waals surface area contributed by atoms with Crippen LogP contribution in [0, 0.1) is 10.1 Å². The van der Waals surface area contributed by atoms with Crippen LogP contribution in [0.1, 0.15) is 27.2 Å². The summed E-state index contributed by atoms with van der Waals surface area (Å²) in [6.07, 6.45) is 0.927. The molecule has 0 heterocycles. The van der Waals surface area contributed by atoms with Crippen LogP contribution in [-0.2, 0) is 0 Å². The van der Waals surface area contributed by atoms with E-state index < -0.39 is 0 Å². The maximum absolute atomic E-state index is 11.3. The van der Waals surface area contributed by atoms with Gasteiger partial charge in [-0.2, -0.15) is 0 Å². The number of nitrogens with zero attached hydrogens (tertiary/aromatic N) is 2. The largest absolute Gasteiger partial charge is 0.379 e. The second kappa shape index (κ2) is 9.18. The quantitative estimate of drug-likeness (QED) is 0.512. The van der Waals surface area contributed by atoms with Crippen molar-refractivity contribution >= 4 is 17.1 Å². The number of rotatable bonds is 10. The average Bonchev–Trinajstić information content (AvgIpc) is 2.49. The minimum absolute atomic E-state index is 0.130. The molecule has 0 amide bonds. The van der Waals surface area contributed by atoms with Gasteiger partial charge in [0.2, 0.25) is 0 Å². The lowest BCUT2D eigenvalue weighted by Gasteiger charge is -2.18. The summed E-state index contributed by atoms with van der Waals surface area (Å²) in [4.78, 5) is 13.3. The van der Waals surface area contributed by atoms with Gasteiger partial charge in [0.1, 0.15) is 11.4 Å². The monoisotopic (exact) mass is 294 g/mol. The predicted molar refractivity (Wildman–Crippen MR) is 88.2 cm³/mol. The van der Waals surface area contributed by atoms with E-state index in [1.165, 1.54) is 0 Å². The van der Waals surface area contributed by atoms with Gasteiger partial charge in [0.25, 0.3) is 0 Å².